The predicted octanol–water partition coefficient (Wildman–Crippen LogP) is 5.13. The minimum atomic E-state index is -1.37. The first-order valence-corrected chi connectivity index (χ1v) is 16.3. The van der Waals surface area contributed by atoms with Crippen molar-refractivity contribution in [2.75, 3.05) is 38.8 Å². The number of hydrogen-bond donors (Lipinski definition) is 0. The Kier molecular flexibility index (Phi) is 7.42. The number of ether oxygens (including phenoxy) is 5. The van der Waals surface area contributed by atoms with Crippen LogP contribution in [0.2, 0.25) is 0 Å². The molecule has 4 heterocycles. The van der Waals surface area contributed by atoms with Crippen molar-refractivity contribution in [2.24, 2.45) is 0 Å². The average Bonchev–Trinajstić information content (AvgIpc) is 3.59. The first-order chi connectivity index (χ1) is 23.3. The summed E-state index contributed by atoms with van der Waals surface area (Å²) in [4.78, 5) is 22.5. The zero-order valence-electron chi connectivity index (χ0n) is 27.1. The van der Waals surface area contributed by atoms with Crippen LogP contribution >= 0.6 is 0 Å². The van der Waals surface area contributed by atoms with Gasteiger partial charge in [0.1, 0.15) is 22.9 Å². The molecule has 1 aliphatic carbocycles. The number of imidazole rings is 1. The van der Waals surface area contributed by atoms with Gasteiger partial charge >= 0.3 is 5.97 Å². The van der Waals surface area contributed by atoms with Crippen molar-refractivity contribution in [3.8, 4) is 23.3 Å². The number of carbonyl (C=O) groups is 1. The molecular weight excluding hydrogens is 617 g/mol. The Bertz CT molecular complexity index is 1970. The van der Waals surface area contributed by atoms with Crippen molar-refractivity contribution >= 4 is 22.7 Å². The van der Waals surface area contributed by atoms with Crippen LogP contribution in [0.25, 0.3) is 11.0 Å². The van der Waals surface area contributed by atoms with Gasteiger partial charge in [0, 0.05) is 38.7 Å². The van der Waals surface area contributed by atoms with Crippen LogP contribution < -0.4 is 19.1 Å². The summed E-state index contributed by atoms with van der Waals surface area (Å²) in [6.07, 6.45) is 3.13. The summed E-state index contributed by atoms with van der Waals surface area (Å²) in [5, 5.41) is 9.19. The average molecular weight is 654 g/mol. The van der Waals surface area contributed by atoms with E-state index in [0.29, 0.717) is 47.5 Å². The highest BCUT2D eigenvalue weighted by Gasteiger charge is 2.47. The number of para-hydroxylation sites is 1. The molecule has 0 bridgehead atoms. The maximum Gasteiger partial charge on any atom is 0.338 e. The summed E-state index contributed by atoms with van der Waals surface area (Å²) in [5.41, 5.74) is 3.35. The van der Waals surface area contributed by atoms with Crippen LogP contribution in [0.3, 0.4) is 0 Å². The number of esters is 1. The lowest BCUT2D eigenvalue weighted by atomic mass is 9.81. The van der Waals surface area contributed by atoms with E-state index >= 15 is 4.39 Å². The minimum Gasteiger partial charge on any atom is -0.494 e. The van der Waals surface area contributed by atoms with Gasteiger partial charge in [-0.3, -0.25) is 4.90 Å². The molecule has 0 unspecified atom stereocenters. The van der Waals surface area contributed by atoms with E-state index in [1.807, 2.05) is 30.3 Å². The fraction of sp³-hybridized carbons (Fsp3) is 0.417. The van der Waals surface area contributed by atoms with Gasteiger partial charge in [0.15, 0.2) is 11.5 Å². The molecule has 4 atom stereocenters. The number of benzene rings is 3. The minimum absolute atomic E-state index is 0.0908. The first-order valence-electron chi connectivity index (χ1n) is 16.3. The molecule has 3 aromatic carbocycles. The summed E-state index contributed by atoms with van der Waals surface area (Å²) in [6.45, 7) is 5.27. The van der Waals surface area contributed by atoms with Crippen molar-refractivity contribution in [3.05, 3.63) is 76.9 Å². The molecule has 11 nitrogen and oxygen atoms in total. The quantitative estimate of drug-likeness (QED) is 0.238. The molecule has 0 amide bonds. The van der Waals surface area contributed by atoms with Crippen LogP contribution in [0.4, 0.5) is 10.1 Å². The number of methoxy groups -OCH3 is 2. The molecule has 3 fully saturated rings. The third-order valence-electron chi connectivity index (χ3n) is 10.2. The number of carbonyl (C=O) groups excluding carboxylic acids is 1. The molecule has 12 heteroatoms. The Hall–Kier alpha value is -4.86. The Labute approximate surface area is 277 Å². The molecular formula is C36H36FN5O6. The summed E-state index contributed by atoms with van der Waals surface area (Å²) in [5.74, 6) is 0.242. The van der Waals surface area contributed by atoms with Gasteiger partial charge in [-0.25, -0.2) is 14.2 Å². The molecule has 2 saturated heterocycles. The monoisotopic (exact) mass is 653 g/mol. The maximum absolute atomic E-state index is 15.1. The van der Waals surface area contributed by atoms with Crippen LogP contribution in [0.5, 0.6) is 17.2 Å². The lowest BCUT2D eigenvalue weighted by Crippen LogP contribution is -2.64. The molecule has 4 aliphatic rings. The molecule has 4 aromatic rings. The molecule has 248 valence electrons. The number of hydrogen-bond acceptors (Lipinski definition) is 10. The van der Waals surface area contributed by atoms with Crippen LogP contribution in [0, 0.1) is 17.1 Å². The van der Waals surface area contributed by atoms with Crippen LogP contribution in [-0.4, -0.2) is 72.5 Å². The van der Waals surface area contributed by atoms with Crippen molar-refractivity contribution in [2.45, 2.75) is 63.3 Å². The highest BCUT2D eigenvalue weighted by atomic mass is 19.1. The Balaban J connectivity index is 1.06. The summed E-state index contributed by atoms with van der Waals surface area (Å²) in [7, 11) is 2.95. The van der Waals surface area contributed by atoms with Crippen molar-refractivity contribution < 1.29 is 32.9 Å². The normalized spacial score (nSPS) is 24.4. The van der Waals surface area contributed by atoms with Gasteiger partial charge in [0.25, 0.3) is 5.79 Å². The topological polar surface area (TPSA) is 111 Å². The summed E-state index contributed by atoms with van der Waals surface area (Å²) < 4.78 is 46.5. The lowest BCUT2D eigenvalue weighted by molar-refractivity contribution is -0.0706. The van der Waals surface area contributed by atoms with E-state index in [0.717, 1.165) is 56.0 Å². The SMILES string of the molecule is COC(=O)c1cc(OC)c2nc(CN3CCN(c4cccc5c4O[C@](C)(c4ccc(C#N)cc4F)O5)[C@H]4CC[C@H]43)n(C[C@@H]3CCO3)c2c1. The maximum atomic E-state index is 15.1. The third kappa shape index (κ3) is 4.91. The standard InChI is InChI=1S/C36H36FN5O6/c1-36(24-8-7-21(18-38)15-25(24)37)47-30-6-4-5-28(34(30)48-36)41-13-12-40(26-9-10-27(26)41)20-32-39-33-29(42(32)19-23-11-14-46-23)16-22(35(43)45-3)17-31(33)44-2/h4-8,15-17,23,26-27H,9-14,19-20H2,1-3H3/t23-,26+,27-,36+/m0/s1. The van der Waals surface area contributed by atoms with Crippen LogP contribution in [-0.2, 0) is 28.4 Å². The van der Waals surface area contributed by atoms with Crippen LogP contribution in [0.15, 0.2) is 48.5 Å². The van der Waals surface area contributed by atoms with E-state index in [1.54, 1.807) is 32.2 Å². The van der Waals surface area contributed by atoms with Crippen molar-refractivity contribution in [1.29, 1.82) is 5.26 Å². The Morgan fingerprint density at radius 2 is 1.94 bits per heavy atom. The number of piperazine rings is 1. The summed E-state index contributed by atoms with van der Waals surface area (Å²) in [6, 6.07) is 16.2. The van der Waals surface area contributed by atoms with Crippen molar-refractivity contribution in [3.63, 3.8) is 0 Å². The van der Waals surface area contributed by atoms with E-state index < -0.39 is 17.6 Å². The lowest BCUT2D eigenvalue weighted by Gasteiger charge is -2.54. The highest BCUT2D eigenvalue weighted by Crippen LogP contribution is 2.51. The van der Waals surface area contributed by atoms with E-state index in [1.165, 1.54) is 13.2 Å². The Morgan fingerprint density at radius 1 is 1.10 bits per heavy atom. The molecule has 48 heavy (non-hydrogen) atoms. The van der Waals surface area contributed by atoms with Gasteiger partial charge in [-0.1, -0.05) is 6.07 Å². The molecule has 0 N–H and O–H groups in total. The molecule has 1 saturated carbocycles. The molecule has 1 aromatic heterocycles. The van der Waals surface area contributed by atoms with E-state index in [4.69, 9.17) is 28.7 Å². The number of rotatable bonds is 8. The van der Waals surface area contributed by atoms with Gasteiger partial charge in [-0.15, -0.1) is 0 Å². The molecule has 3 aliphatic heterocycles. The molecule has 0 spiro atoms. The van der Waals surface area contributed by atoms with Gasteiger partial charge < -0.3 is 33.2 Å². The number of nitriles is 1. The first kappa shape index (κ1) is 30.5. The van der Waals surface area contributed by atoms with E-state index in [9.17, 15) is 10.1 Å². The zero-order valence-corrected chi connectivity index (χ0v) is 27.1. The summed E-state index contributed by atoms with van der Waals surface area (Å²) >= 11 is 0. The van der Waals surface area contributed by atoms with E-state index in [2.05, 4.69) is 14.4 Å². The van der Waals surface area contributed by atoms with Gasteiger partial charge in [-0.2, -0.15) is 5.26 Å². The predicted molar refractivity (Wildman–Crippen MR) is 173 cm³/mol. The second-order valence-corrected chi connectivity index (χ2v) is 12.9. The fourth-order valence-electron chi connectivity index (χ4n) is 7.49. The van der Waals surface area contributed by atoms with Crippen molar-refractivity contribution in [1.82, 2.24) is 14.5 Å². The second kappa shape index (κ2) is 11.7. The smallest absolute Gasteiger partial charge is 0.338 e. The Morgan fingerprint density at radius 3 is 2.62 bits per heavy atom. The third-order valence-corrected chi connectivity index (χ3v) is 10.2. The second-order valence-electron chi connectivity index (χ2n) is 12.9. The van der Waals surface area contributed by atoms with E-state index in [-0.39, 0.29) is 23.3 Å². The highest BCUT2D eigenvalue weighted by molar-refractivity contribution is 5.96. The van der Waals surface area contributed by atoms with Crippen LogP contribution in [0.1, 0.15) is 53.5 Å². The van der Waals surface area contributed by atoms with Gasteiger partial charge in [-0.05, 0) is 61.7 Å². The largest absolute Gasteiger partial charge is 0.494 e. The molecule has 0 radical (unpaired) electrons. The number of anilines is 1. The fourth-order valence-corrected chi connectivity index (χ4v) is 7.49. The van der Waals surface area contributed by atoms with Gasteiger partial charge in [0.05, 0.1) is 67.4 Å². The zero-order chi connectivity index (χ0) is 33.2. The number of halogens is 1. The number of aromatic nitrogens is 2. The number of nitrogens with zero attached hydrogens (tertiary/aromatic N) is 5. The van der Waals surface area contributed by atoms with Gasteiger partial charge in [0.2, 0.25) is 0 Å². The number of fused-ring (bicyclic) bond motifs is 3. The molecule has 8 rings (SSSR count).